The maximum absolute atomic E-state index is 12.7. The van der Waals surface area contributed by atoms with E-state index in [1.54, 1.807) is 23.1 Å². The van der Waals surface area contributed by atoms with Crippen molar-refractivity contribution in [2.45, 2.75) is 6.42 Å². The first-order chi connectivity index (χ1) is 12.5. The SMILES string of the molecule is COc1cc(/C=C2/SC(=S)N(CCc3ccccc3)C2=O)cc(Cl)c1O. The van der Waals surface area contributed by atoms with Gasteiger partial charge in [-0.2, -0.15) is 0 Å². The molecule has 1 amide bonds. The minimum absolute atomic E-state index is 0.123. The Bertz CT molecular complexity index is 884. The molecule has 1 fully saturated rings. The molecule has 1 aliphatic rings. The van der Waals surface area contributed by atoms with Gasteiger partial charge in [0.25, 0.3) is 5.91 Å². The number of ether oxygens (including phenoxy) is 1. The molecule has 1 saturated heterocycles. The van der Waals surface area contributed by atoms with Gasteiger partial charge in [0.05, 0.1) is 17.0 Å². The highest BCUT2D eigenvalue weighted by molar-refractivity contribution is 8.26. The van der Waals surface area contributed by atoms with Gasteiger partial charge in [0.15, 0.2) is 11.5 Å². The molecule has 26 heavy (non-hydrogen) atoms. The van der Waals surface area contributed by atoms with Crippen LogP contribution in [-0.4, -0.2) is 33.9 Å². The largest absolute Gasteiger partial charge is 0.503 e. The van der Waals surface area contributed by atoms with Gasteiger partial charge in [-0.25, -0.2) is 0 Å². The number of methoxy groups -OCH3 is 1. The van der Waals surface area contributed by atoms with Crippen molar-refractivity contribution in [3.8, 4) is 11.5 Å². The molecular formula is C19H16ClNO3S2. The number of benzene rings is 2. The Labute approximate surface area is 166 Å². The van der Waals surface area contributed by atoms with E-state index in [9.17, 15) is 9.90 Å². The predicted molar refractivity (Wildman–Crippen MR) is 110 cm³/mol. The molecule has 2 aromatic carbocycles. The number of aromatic hydroxyl groups is 1. The lowest BCUT2D eigenvalue weighted by molar-refractivity contribution is -0.122. The number of amides is 1. The highest BCUT2D eigenvalue weighted by Gasteiger charge is 2.31. The summed E-state index contributed by atoms with van der Waals surface area (Å²) in [5, 5.41) is 9.98. The average Bonchev–Trinajstić information content (AvgIpc) is 2.90. The highest BCUT2D eigenvalue weighted by atomic mass is 35.5. The molecule has 7 heteroatoms. The number of phenolic OH excluding ortho intramolecular Hbond substituents is 1. The van der Waals surface area contributed by atoms with Crippen molar-refractivity contribution in [2.75, 3.05) is 13.7 Å². The van der Waals surface area contributed by atoms with E-state index in [1.165, 1.54) is 18.9 Å². The molecule has 4 nitrogen and oxygen atoms in total. The molecule has 0 radical (unpaired) electrons. The van der Waals surface area contributed by atoms with Crippen LogP contribution in [0, 0.1) is 0 Å². The molecule has 0 aromatic heterocycles. The van der Waals surface area contributed by atoms with E-state index in [4.69, 9.17) is 28.6 Å². The minimum atomic E-state index is -0.126. The van der Waals surface area contributed by atoms with Crippen molar-refractivity contribution in [2.24, 2.45) is 0 Å². The zero-order valence-electron chi connectivity index (χ0n) is 13.9. The number of hydrogen-bond donors (Lipinski definition) is 1. The Morgan fingerprint density at radius 3 is 2.73 bits per heavy atom. The fourth-order valence-electron chi connectivity index (χ4n) is 2.56. The summed E-state index contributed by atoms with van der Waals surface area (Å²) in [5.41, 5.74) is 1.81. The van der Waals surface area contributed by atoms with Gasteiger partial charge in [-0.1, -0.05) is 65.9 Å². The van der Waals surface area contributed by atoms with Crippen LogP contribution in [-0.2, 0) is 11.2 Å². The Kier molecular flexibility index (Phi) is 5.86. The molecule has 3 rings (SSSR count). The van der Waals surface area contributed by atoms with Crippen molar-refractivity contribution >= 4 is 51.9 Å². The van der Waals surface area contributed by atoms with Crippen LogP contribution in [0.1, 0.15) is 11.1 Å². The van der Waals surface area contributed by atoms with Crippen LogP contribution in [0.3, 0.4) is 0 Å². The summed E-state index contributed by atoms with van der Waals surface area (Å²) in [4.78, 5) is 14.8. The number of thiocarbonyl (C=S) groups is 1. The van der Waals surface area contributed by atoms with E-state index in [0.717, 1.165) is 12.0 Å². The zero-order valence-corrected chi connectivity index (χ0v) is 16.3. The standard InChI is InChI=1S/C19H16ClNO3S2/c1-24-15-10-13(9-14(20)17(15)22)11-16-18(23)21(19(25)26-16)8-7-12-5-3-2-4-6-12/h2-6,9-11,22H,7-8H2,1H3/b16-11+. The molecule has 0 atom stereocenters. The lowest BCUT2D eigenvalue weighted by atomic mass is 10.1. The maximum Gasteiger partial charge on any atom is 0.266 e. The third kappa shape index (κ3) is 4.03. The van der Waals surface area contributed by atoms with Gasteiger partial charge in [0.2, 0.25) is 0 Å². The molecule has 1 aliphatic heterocycles. The number of thioether (sulfide) groups is 1. The summed E-state index contributed by atoms with van der Waals surface area (Å²) in [6, 6.07) is 13.2. The summed E-state index contributed by atoms with van der Waals surface area (Å²) in [6.07, 6.45) is 2.44. The molecular weight excluding hydrogens is 390 g/mol. The Morgan fingerprint density at radius 1 is 1.31 bits per heavy atom. The van der Waals surface area contributed by atoms with Gasteiger partial charge >= 0.3 is 0 Å². The van der Waals surface area contributed by atoms with Crippen LogP contribution in [0.4, 0.5) is 0 Å². The molecule has 0 aliphatic carbocycles. The molecule has 1 N–H and O–H groups in total. The zero-order chi connectivity index (χ0) is 18.7. The number of hydrogen-bond acceptors (Lipinski definition) is 5. The summed E-state index contributed by atoms with van der Waals surface area (Å²) in [7, 11) is 1.44. The Hall–Kier alpha value is -2.02. The first-order valence-electron chi connectivity index (χ1n) is 7.85. The minimum Gasteiger partial charge on any atom is -0.503 e. The predicted octanol–water partition coefficient (Wildman–Crippen LogP) is 4.50. The van der Waals surface area contributed by atoms with Gasteiger partial charge < -0.3 is 9.84 Å². The first kappa shape index (κ1) is 18.8. The van der Waals surface area contributed by atoms with Gasteiger partial charge in [0.1, 0.15) is 4.32 Å². The lowest BCUT2D eigenvalue weighted by Crippen LogP contribution is -2.30. The second-order valence-electron chi connectivity index (χ2n) is 5.62. The van der Waals surface area contributed by atoms with Crippen molar-refractivity contribution in [1.82, 2.24) is 4.90 Å². The third-order valence-corrected chi connectivity index (χ3v) is 5.57. The van der Waals surface area contributed by atoms with Crippen LogP contribution in [0.25, 0.3) is 6.08 Å². The van der Waals surface area contributed by atoms with Crippen LogP contribution in [0.15, 0.2) is 47.4 Å². The average molecular weight is 406 g/mol. The van der Waals surface area contributed by atoms with E-state index in [1.807, 2.05) is 30.3 Å². The number of phenols is 1. The lowest BCUT2D eigenvalue weighted by Gasteiger charge is -2.14. The summed E-state index contributed by atoms with van der Waals surface area (Å²) in [6.45, 7) is 0.533. The van der Waals surface area contributed by atoms with Gasteiger partial charge in [-0.05, 0) is 35.8 Å². The van der Waals surface area contributed by atoms with E-state index >= 15 is 0 Å². The fourth-order valence-corrected chi connectivity index (χ4v) is 4.09. The van der Waals surface area contributed by atoms with Crippen molar-refractivity contribution < 1.29 is 14.6 Å². The smallest absolute Gasteiger partial charge is 0.266 e. The maximum atomic E-state index is 12.7. The second kappa shape index (κ2) is 8.12. The van der Waals surface area contributed by atoms with E-state index in [-0.39, 0.29) is 22.4 Å². The van der Waals surface area contributed by atoms with Crippen LogP contribution in [0.2, 0.25) is 5.02 Å². The van der Waals surface area contributed by atoms with E-state index in [0.29, 0.717) is 21.3 Å². The van der Waals surface area contributed by atoms with Gasteiger partial charge in [-0.3, -0.25) is 9.69 Å². The summed E-state index contributed by atoms with van der Waals surface area (Å²) < 4.78 is 5.63. The van der Waals surface area contributed by atoms with Gasteiger partial charge in [-0.15, -0.1) is 0 Å². The molecule has 0 spiro atoms. The van der Waals surface area contributed by atoms with E-state index in [2.05, 4.69) is 0 Å². The first-order valence-corrected chi connectivity index (χ1v) is 9.45. The molecule has 0 unspecified atom stereocenters. The number of nitrogens with zero attached hydrogens (tertiary/aromatic N) is 1. The van der Waals surface area contributed by atoms with E-state index < -0.39 is 0 Å². The topological polar surface area (TPSA) is 49.8 Å². The number of carbonyl (C=O) groups is 1. The monoisotopic (exact) mass is 405 g/mol. The number of carbonyl (C=O) groups excluding carboxylic acids is 1. The Balaban J connectivity index is 1.78. The third-order valence-electron chi connectivity index (χ3n) is 3.91. The summed E-state index contributed by atoms with van der Waals surface area (Å²) in [5.74, 6) is 0.00382. The molecule has 0 saturated carbocycles. The van der Waals surface area contributed by atoms with Crippen LogP contribution < -0.4 is 4.74 Å². The summed E-state index contributed by atoms with van der Waals surface area (Å²) >= 11 is 12.6. The molecule has 0 bridgehead atoms. The van der Waals surface area contributed by atoms with Crippen molar-refractivity contribution in [3.05, 3.63) is 63.5 Å². The van der Waals surface area contributed by atoms with Gasteiger partial charge in [0, 0.05) is 6.54 Å². The quantitative estimate of drug-likeness (QED) is 0.586. The molecule has 134 valence electrons. The second-order valence-corrected chi connectivity index (χ2v) is 7.71. The fraction of sp³-hybridized carbons (Fsp3) is 0.158. The van der Waals surface area contributed by atoms with Crippen molar-refractivity contribution in [1.29, 1.82) is 0 Å². The molecule has 1 heterocycles. The number of rotatable bonds is 5. The normalized spacial score (nSPS) is 15.8. The highest BCUT2D eigenvalue weighted by Crippen LogP contribution is 2.38. The van der Waals surface area contributed by atoms with Crippen LogP contribution >= 0.6 is 35.6 Å². The van der Waals surface area contributed by atoms with Crippen LogP contribution in [0.5, 0.6) is 11.5 Å². The Morgan fingerprint density at radius 2 is 2.04 bits per heavy atom. The van der Waals surface area contributed by atoms with Crippen molar-refractivity contribution in [3.63, 3.8) is 0 Å². The number of halogens is 1. The molecule has 2 aromatic rings.